The molecule has 0 aromatic heterocycles. The van der Waals surface area contributed by atoms with Crippen molar-refractivity contribution in [2.75, 3.05) is 18.4 Å². The molecule has 0 unspecified atom stereocenters. The van der Waals surface area contributed by atoms with Crippen LogP contribution in [0.5, 0.6) is 0 Å². The summed E-state index contributed by atoms with van der Waals surface area (Å²) >= 11 is 6.02. The molecule has 0 spiro atoms. The summed E-state index contributed by atoms with van der Waals surface area (Å²) in [4.78, 5) is 10.3. The number of nitrogens with zero attached hydrogens (tertiary/aromatic N) is 1. The summed E-state index contributed by atoms with van der Waals surface area (Å²) in [5, 5.41) is 17.7. The van der Waals surface area contributed by atoms with Crippen LogP contribution in [0.1, 0.15) is 12.8 Å². The van der Waals surface area contributed by atoms with E-state index in [1.165, 1.54) is 12.1 Å². The Hall–Kier alpha value is -1.33. The lowest BCUT2D eigenvalue weighted by molar-refractivity contribution is -0.384. The number of non-ortho nitro benzene ring substituents is 1. The van der Waals surface area contributed by atoms with E-state index >= 15 is 0 Å². The monoisotopic (exact) mass is 255 g/mol. The van der Waals surface area contributed by atoms with E-state index in [9.17, 15) is 10.1 Å². The fourth-order valence-corrected chi connectivity index (χ4v) is 2.10. The molecule has 5 nitrogen and oxygen atoms in total. The maximum Gasteiger partial charge on any atom is 0.271 e. The van der Waals surface area contributed by atoms with Gasteiger partial charge in [-0.15, -0.1) is 0 Å². The summed E-state index contributed by atoms with van der Waals surface area (Å²) < 4.78 is 0. The first-order valence-electron chi connectivity index (χ1n) is 5.58. The van der Waals surface area contributed by atoms with Gasteiger partial charge in [-0.2, -0.15) is 0 Å². The number of rotatable bonds is 3. The first-order chi connectivity index (χ1) is 8.16. The topological polar surface area (TPSA) is 67.2 Å². The molecule has 1 fully saturated rings. The molecule has 0 radical (unpaired) electrons. The second-order valence-electron chi connectivity index (χ2n) is 4.09. The van der Waals surface area contributed by atoms with Crippen LogP contribution in [0.3, 0.4) is 0 Å². The Bertz CT molecular complexity index is 419. The van der Waals surface area contributed by atoms with Gasteiger partial charge in [0, 0.05) is 18.2 Å². The standard InChI is InChI=1S/C11H14ClN3O2/c12-10-2-1-9(15(16)17)7-11(10)14-8-3-5-13-6-4-8/h1-2,7-8,13-14H,3-6H2. The molecule has 0 atom stereocenters. The van der Waals surface area contributed by atoms with Gasteiger partial charge in [-0.25, -0.2) is 0 Å². The third-order valence-electron chi connectivity index (χ3n) is 2.86. The first-order valence-corrected chi connectivity index (χ1v) is 5.96. The number of anilines is 1. The van der Waals surface area contributed by atoms with E-state index in [2.05, 4.69) is 10.6 Å². The fraction of sp³-hybridized carbons (Fsp3) is 0.455. The van der Waals surface area contributed by atoms with Gasteiger partial charge in [0.2, 0.25) is 0 Å². The Balaban J connectivity index is 2.13. The van der Waals surface area contributed by atoms with Gasteiger partial charge in [0.25, 0.3) is 5.69 Å². The lowest BCUT2D eigenvalue weighted by Gasteiger charge is -2.25. The molecule has 0 aliphatic carbocycles. The zero-order valence-electron chi connectivity index (χ0n) is 9.28. The van der Waals surface area contributed by atoms with Gasteiger partial charge in [-0.3, -0.25) is 10.1 Å². The number of nitro benzene ring substituents is 1. The predicted octanol–water partition coefficient (Wildman–Crippen LogP) is 2.41. The van der Waals surface area contributed by atoms with Crippen LogP contribution in [0.4, 0.5) is 11.4 Å². The van der Waals surface area contributed by atoms with E-state index in [0.29, 0.717) is 16.8 Å². The molecule has 1 aliphatic heterocycles. The minimum atomic E-state index is -0.413. The molecule has 6 heteroatoms. The highest BCUT2D eigenvalue weighted by molar-refractivity contribution is 6.33. The molecule has 92 valence electrons. The Kier molecular flexibility index (Phi) is 3.81. The third-order valence-corrected chi connectivity index (χ3v) is 3.19. The number of benzene rings is 1. The van der Waals surface area contributed by atoms with Crippen LogP contribution in [0.15, 0.2) is 18.2 Å². The summed E-state index contributed by atoms with van der Waals surface area (Å²) in [6.07, 6.45) is 2.00. The lowest BCUT2D eigenvalue weighted by atomic mass is 10.1. The third kappa shape index (κ3) is 3.08. The van der Waals surface area contributed by atoms with Gasteiger partial charge in [-0.1, -0.05) is 11.6 Å². The Morgan fingerprint density at radius 2 is 2.12 bits per heavy atom. The quantitative estimate of drug-likeness (QED) is 0.643. The maximum atomic E-state index is 10.7. The van der Waals surface area contributed by atoms with Crippen molar-refractivity contribution in [3.05, 3.63) is 33.3 Å². The molecule has 0 bridgehead atoms. The number of hydrogen-bond donors (Lipinski definition) is 2. The van der Waals surface area contributed by atoms with Crippen molar-refractivity contribution in [1.82, 2.24) is 5.32 Å². The molecule has 1 saturated heterocycles. The number of nitrogens with one attached hydrogen (secondary N) is 2. The lowest BCUT2D eigenvalue weighted by Crippen LogP contribution is -2.35. The number of halogens is 1. The van der Waals surface area contributed by atoms with Crippen LogP contribution in [0, 0.1) is 10.1 Å². The van der Waals surface area contributed by atoms with Crippen molar-refractivity contribution in [2.24, 2.45) is 0 Å². The molecule has 0 amide bonds. The molecule has 17 heavy (non-hydrogen) atoms. The molecule has 0 saturated carbocycles. The fourth-order valence-electron chi connectivity index (χ4n) is 1.92. The van der Waals surface area contributed by atoms with Crippen molar-refractivity contribution in [3.63, 3.8) is 0 Å². The highest BCUT2D eigenvalue weighted by Gasteiger charge is 2.16. The summed E-state index contributed by atoms with van der Waals surface area (Å²) in [7, 11) is 0. The Morgan fingerprint density at radius 1 is 1.41 bits per heavy atom. The van der Waals surface area contributed by atoms with Crippen LogP contribution < -0.4 is 10.6 Å². The predicted molar refractivity (Wildman–Crippen MR) is 67.6 cm³/mol. The van der Waals surface area contributed by atoms with Gasteiger partial charge in [0.1, 0.15) is 0 Å². The van der Waals surface area contributed by atoms with Gasteiger partial charge >= 0.3 is 0 Å². The van der Waals surface area contributed by atoms with Crippen molar-refractivity contribution in [1.29, 1.82) is 0 Å². The molecule has 1 heterocycles. The SMILES string of the molecule is O=[N+]([O-])c1ccc(Cl)c(NC2CCNCC2)c1. The van der Waals surface area contributed by atoms with Gasteiger partial charge in [-0.05, 0) is 32.0 Å². The number of hydrogen-bond acceptors (Lipinski definition) is 4. The van der Waals surface area contributed by atoms with Crippen molar-refractivity contribution < 1.29 is 4.92 Å². The smallest absolute Gasteiger partial charge is 0.271 e. The first kappa shape index (κ1) is 12.1. The normalized spacial score (nSPS) is 16.8. The van der Waals surface area contributed by atoms with Gasteiger partial charge in [0.15, 0.2) is 0 Å². The minimum Gasteiger partial charge on any atom is -0.381 e. The zero-order valence-corrected chi connectivity index (χ0v) is 10.0. The van der Waals surface area contributed by atoms with Crippen LogP contribution in [-0.2, 0) is 0 Å². The van der Waals surface area contributed by atoms with Crippen molar-refractivity contribution in [2.45, 2.75) is 18.9 Å². The molecule has 1 aromatic carbocycles. The van der Waals surface area contributed by atoms with E-state index in [0.717, 1.165) is 25.9 Å². The molecule has 2 N–H and O–H groups in total. The highest BCUT2D eigenvalue weighted by Crippen LogP contribution is 2.28. The number of piperidine rings is 1. The zero-order chi connectivity index (χ0) is 12.3. The van der Waals surface area contributed by atoms with Gasteiger partial charge < -0.3 is 10.6 Å². The maximum absolute atomic E-state index is 10.7. The summed E-state index contributed by atoms with van der Waals surface area (Å²) in [6.45, 7) is 1.93. The Morgan fingerprint density at radius 3 is 2.76 bits per heavy atom. The summed E-state index contributed by atoms with van der Waals surface area (Å²) in [6, 6.07) is 4.79. The van der Waals surface area contributed by atoms with Crippen molar-refractivity contribution >= 4 is 23.0 Å². The van der Waals surface area contributed by atoms with E-state index in [1.807, 2.05) is 0 Å². The van der Waals surface area contributed by atoms with Crippen LogP contribution in [-0.4, -0.2) is 24.1 Å². The van der Waals surface area contributed by atoms with E-state index < -0.39 is 4.92 Å². The minimum absolute atomic E-state index is 0.0610. The van der Waals surface area contributed by atoms with Crippen LogP contribution in [0.2, 0.25) is 5.02 Å². The average molecular weight is 256 g/mol. The molecular weight excluding hydrogens is 242 g/mol. The van der Waals surface area contributed by atoms with E-state index in [-0.39, 0.29) is 5.69 Å². The second-order valence-corrected chi connectivity index (χ2v) is 4.50. The number of nitro groups is 1. The molecular formula is C11H14ClN3O2. The summed E-state index contributed by atoms with van der Waals surface area (Å²) in [5.41, 5.74) is 0.707. The summed E-state index contributed by atoms with van der Waals surface area (Å²) in [5.74, 6) is 0. The second kappa shape index (κ2) is 5.33. The van der Waals surface area contributed by atoms with Gasteiger partial charge in [0.05, 0.1) is 15.6 Å². The largest absolute Gasteiger partial charge is 0.381 e. The van der Waals surface area contributed by atoms with Crippen LogP contribution >= 0.6 is 11.6 Å². The molecule has 1 aromatic rings. The highest BCUT2D eigenvalue weighted by atomic mass is 35.5. The van der Waals surface area contributed by atoms with E-state index in [1.54, 1.807) is 6.07 Å². The van der Waals surface area contributed by atoms with E-state index in [4.69, 9.17) is 11.6 Å². The van der Waals surface area contributed by atoms with Crippen molar-refractivity contribution in [3.8, 4) is 0 Å². The molecule has 2 rings (SSSR count). The Labute approximate surface area is 104 Å². The van der Waals surface area contributed by atoms with Crippen LogP contribution in [0.25, 0.3) is 0 Å². The molecule has 1 aliphatic rings. The average Bonchev–Trinajstić information content (AvgIpc) is 2.33.